The number of carbonyl (C=O) groups excluding carboxylic acids is 1. The molecule has 1 aliphatic heterocycles. The lowest BCUT2D eigenvalue weighted by atomic mass is 9.77. The molecular formula is C13H24N2O2. The van der Waals surface area contributed by atoms with Gasteiger partial charge in [0, 0.05) is 12.5 Å². The lowest BCUT2D eigenvalue weighted by Crippen LogP contribution is -2.56. The van der Waals surface area contributed by atoms with E-state index in [4.69, 9.17) is 0 Å². The van der Waals surface area contributed by atoms with Crippen molar-refractivity contribution in [2.45, 2.75) is 62.9 Å². The molecule has 1 heterocycles. The maximum atomic E-state index is 11.8. The van der Waals surface area contributed by atoms with Gasteiger partial charge in [0.15, 0.2) is 0 Å². The van der Waals surface area contributed by atoms with Crippen LogP contribution in [0.15, 0.2) is 0 Å². The van der Waals surface area contributed by atoms with Gasteiger partial charge in [0.05, 0.1) is 12.1 Å². The van der Waals surface area contributed by atoms with E-state index in [0.29, 0.717) is 12.5 Å². The zero-order valence-electron chi connectivity index (χ0n) is 10.5. The van der Waals surface area contributed by atoms with E-state index < -0.39 is 0 Å². The summed E-state index contributed by atoms with van der Waals surface area (Å²) in [6.45, 7) is 1.17. The third-order valence-electron chi connectivity index (χ3n) is 4.15. The minimum atomic E-state index is -0.281. The fourth-order valence-electron chi connectivity index (χ4n) is 2.76. The summed E-state index contributed by atoms with van der Waals surface area (Å²) < 4.78 is 0. The van der Waals surface area contributed by atoms with E-state index >= 15 is 0 Å². The van der Waals surface area contributed by atoms with Gasteiger partial charge in [-0.15, -0.1) is 0 Å². The molecule has 0 aromatic rings. The summed E-state index contributed by atoms with van der Waals surface area (Å²) >= 11 is 0. The van der Waals surface area contributed by atoms with Gasteiger partial charge in [0.2, 0.25) is 5.91 Å². The van der Waals surface area contributed by atoms with Crippen LogP contribution in [0, 0.1) is 0 Å². The molecule has 0 spiro atoms. The van der Waals surface area contributed by atoms with Crippen LogP contribution in [0.4, 0.5) is 0 Å². The van der Waals surface area contributed by atoms with Gasteiger partial charge in [-0.25, -0.2) is 0 Å². The number of carbonyl (C=O) groups is 1. The SMILES string of the molecule is O=C(CCC1CCCCN1)NC1(CO)CCC1. The Hall–Kier alpha value is -0.610. The number of hydrogen-bond acceptors (Lipinski definition) is 3. The van der Waals surface area contributed by atoms with Crippen molar-refractivity contribution in [1.82, 2.24) is 10.6 Å². The smallest absolute Gasteiger partial charge is 0.220 e. The fraction of sp³-hybridized carbons (Fsp3) is 0.923. The molecule has 0 aromatic carbocycles. The second-order valence-corrected chi connectivity index (χ2v) is 5.53. The quantitative estimate of drug-likeness (QED) is 0.670. The van der Waals surface area contributed by atoms with E-state index in [9.17, 15) is 9.90 Å². The van der Waals surface area contributed by atoms with Crippen LogP contribution in [0.25, 0.3) is 0 Å². The highest BCUT2D eigenvalue weighted by atomic mass is 16.3. The first-order chi connectivity index (χ1) is 8.24. The second kappa shape index (κ2) is 5.83. The van der Waals surface area contributed by atoms with Crippen LogP contribution in [0.1, 0.15) is 51.4 Å². The number of amides is 1. The average Bonchev–Trinajstić information content (AvgIpc) is 2.33. The third kappa shape index (κ3) is 3.42. The molecule has 2 aliphatic rings. The highest BCUT2D eigenvalue weighted by Gasteiger charge is 2.37. The average molecular weight is 240 g/mol. The van der Waals surface area contributed by atoms with Gasteiger partial charge in [0.1, 0.15) is 0 Å². The maximum absolute atomic E-state index is 11.8. The molecule has 0 aromatic heterocycles. The molecule has 1 aliphatic carbocycles. The van der Waals surface area contributed by atoms with Gasteiger partial charge in [0.25, 0.3) is 0 Å². The molecule has 1 saturated carbocycles. The zero-order valence-corrected chi connectivity index (χ0v) is 10.5. The number of piperidine rings is 1. The van der Waals surface area contributed by atoms with Gasteiger partial charge in [-0.2, -0.15) is 0 Å². The molecular weight excluding hydrogens is 216 g/mol. The minimum absolute atomic E-state index is 0.0837. The summed E-state index contributed by atoms with van der Waals surface area (Å²) in [6.07, 6.45) is 8.21. The second-order valence-electron chi connectivity index (χ2n) is 5.53. The largest absolute Gasteiger partial charge is 0.394 e. The van der Waals surface area contributed by atoms with E-state index in [1.54, 1.807) is 0 Å². The predicted octanol–water partition coefficient (Wildman–Crippen LogP) is 0.940. The van der Waals surface area contributed by atoms with Crippen molar-refractivity contribution in [1.29, 1.82) is 0 Å². The summed E-state index contributed by atoms with van der Waals surface area (Å²) in [6, 6.07) is 0.515. The minimum Gasteiger partial charge on any atom is -0.394 e. The first kappa shape index (κ1) is 12.8. The fourth-order valence-corrected chi connectivity index (χ4v) is 2.76. The van der Waals surface area contributed by atoms with Crippen molar-refractivity contribution in [3.8, 4) is 0 Å². The lowest BCUT2D eigenvalue weighted by molar-refractivity contribution is -0.125. The van der Waals surface area contributed by atoms with Gasteiger partial charge >= 0.3 is 0 Å². The summed E-state index contributed by atoms with van der Waals surface area (Å²) in [5, 5.41) is 15.7. The molecule has 3 N–H and O–H groups in total. The molecule has 1 atom stereocenters. The Kier molecular flexibility index (Phi) is 4.40. The molecule has 17 heavy (non-hydrogen) atoms. The monoisotopic (exact) mass is 240 g/mol. The Balaban J connectivity index is 1.66. The maximum Gasteiger partial charge on any atom is 0.220 e. The summed E-state index contributed by atoms with van der Waals surface area (Å²) in [5.41, 5.74) is -0.281. The molecule has 1 saturated heterocycles. The normalized spacial score (nSPS) is 27.2. The van der Waals surface area contributed by atoms with Crippen LogP contribution >= 0.6 is 0 Å². The molecule has 98 valence electrons. The Morgan fingerprint density at radius 1 is 1.35 bits per heavy atom. The Morgan fingerprint density at radius 3 is 2.71 bits per heavy atom. The highest BCUT2D eigenvalue weighted by molar-refractivity contribution is 5.77. The number of nitrogens with one attached hydrogen (secondary N) is 2. The van der Waals surface area contributed by atoms with Crippen molar-refractivity contribution >= 4 is 5.91 Å². The van der Waals surface area contributed by atoms with Crippen molar-refractivity contribution in [2.75, 3.05) is 13.2 Å². The van der Waals surface area contributed by atoms with Gasteiger partial charge in [-0.3, -0.25) is 4.79 Å². The van der Waals surface area contributed by atoms with Gasteiger partial charge in [-0.1, -0.05) is 6.42 Å². The molecule has 4 nitrogen and oxygen atoms in total. The molecule has 1 unspecified atom stereocenters. The third-order valence-corrected chi connectivity index (χ3v) is 4.15. The predicted molar refractivity (Wildman–Crippen MR) is 66.7 cm³/mol. The van der Waals surface area contributed by atoms with Crippen molar-refractivity contribution in [3.05, 3.63) is 0 Å². The van der Waals surface area contributed by atoms with Crippen molar-refractivity contribution < 1.29 is 9.90 Å². The first-order valence-corrected chi connectivity index (χ1v) is 6.89. The standard InChI is InChI=1S/C13H24N2O2/c16-10-13(7-3-8-13)15-12(17)6-5-11-4-1-2-9-14-11/h11,14,16H,1-10H2,(H,15,17). The Labute approximate surface area is 103 Å². The van der Waals surface area contributed by atoms with Crippen molar-refractivity contribution in [3.63, 3.8) is 0 Å². The van der Waals surface area contributed by atoms with Crippen LogP contribution in [-0.4, -0.2) is 35.7 Å². The Morgan fingerprint density at radius 2 is 2.18 bits per heavy atom. The number of hydrogen-bond donors (Lipinski definition) is 3. The molecule has 1 amide bonds. The van der Waals surface area contributed by atoms with E-state index in [0.717, 1.165) is 32.2 Å². The molecule has 0 radical (unpaired) electrons. The van der Waals surface area contributed by atoms with Crippen LogP contribution in [-0.2, 0) is 4.79 Å². The number of aliphatic hydroxyl groups excluding tert-OH is 1. The van der Waals surface area contributed by atoms with E-state index in [-0.39, 0.29) is 18.1 Å². The summed E-state index contributed by atoms with van der Waals surface area (Å²) in [5.74, 6) is 0.103. The summed E-state index contributed by atoms with van der Waals surface area (Å²) in [4.78, 5) is 11.8. The highest BCUT2D eigenvalue weighted by Crippen LogP contribution is 2.31. The Bertz CT molecular complexity index is 253. The topological polar surface area (TPSA) is 61.4 Å². The number of rotatable bonds is 5. The van der Waals surface area contributed by atoms with Gasteiger partial charge < -0.3 is 15.7 Å². The zero-order chi connectivity index (χ0) is 12.1. The number of aliphatic hydroxyl groups is 1. The summed E-state index contributed by atoms with van der Waals surface area (Å²) in [7, 11) is 0. The first-order valence-electron chi connectivity index (χ1n) is 6.89. The van der Waals surface area contributed by atoms with Crippen molar-refractivity contribution in [2.24, 2.45) is 0 Å². The van der Waals surface area contributed by atoms with E-state index in [1.165, 1.54) is 19.3 Å². The van der Waals surface area contributed by atoms with Crippen LogP contribution in [0.2, 0.25) is 0 Å². The van der Waals surface area contributed by atoms with Crippen LogP contribution < -0.4 is 10.6 Å². The van der Waals surface area contributed by atoms with Crippen LogP contribution in [0.3, 0.4) is 0 Å². The molecule has 2 fully saturated rings. The van der Waals surface area contributed by atoms with Crippen LogP contribution in [0.5, 0.6) is 0 Å². The molecule has 0 bridgehead atoms. The van der Waals surface area contributed by atoms with Gasteiger partial charge in [-0.05, 0) is 45.1 Å². The lowest BCUT2D eigenvalue weighted by Gasteiger charge is -2.41. The molecule has 4 heteroatoms. The molecule has 2 rings (SSSR count). The van der Waals surface area contributed by atoms with E-state index in [1.807, 2.05) is 0 Å². The van der Waals surface area contributed by atoms with E-state index in [2.05, 4.69) is 10.6 Å².